The highest BCUT2D eigenvalue weighted by Crippen LogP contribution is 2.31. The molecule has 0 saturated carbocycles. The fraction of sp³-hybridized carbons (Fsp3) is 0.700. The van der Waals surface area contributed by atoms with Crippen molar-refractivity contribution >= 4 is 5.97 Å². The monoisotopic (exact) mass is 231 g/mol. The summed E-state index contributed by atoms with van der Waals surface area (Å²) in [5.74, 6) is -0.347. The van der Waals surface area contributed by atoms with E-state index in [-0.39, 0.29) is 19.6 Å². The number of carboxylic acid groups (broad SMARTS) is 1. The molecule has 1 aliphatic rings. The largest absolute Gasteiger partial charge is 0.499 e. The quantitative estimate of drug-likeness (QED) is 0.505. The lowest BCUT2D eigenvalue weighted by molar-refractivity contribution is -0.135. The zero-order valence-corrected chi connectivity index (χ0v) is 9.19. The lowest BCUT2D eigenvalue weighted by Gasteiger charge is -2.32. The first-order valence-electron chi connectivity index (χ1n) is 5.05. The Bertz CT molecular complexity index is 302. The molecule has 0 aromatic heterocycles. The maximum Gasteiger partial charge on any atom is 0.322 e. The Balaban J connectivity index is 2.73. The third kappa shape index (κ3) is 3.11. The molecule has 0 aromatic carbocycles. The number of aliphatic hydroxyl groups is 2. The van der Waals surface area contributed by atoms with E-state index in [1.165, 1.54) is 7.11 Å². The molecule has 6 heteroatoms. The summed E-state index contributed by atoms with van der Waals surface area (Å²) in [5.41, 5.74) is -0.629. The van der Waals surface area contributed by atoms with Crippen molar-refractivity contribution in [1.82, 2.24) is 5.32 Å². The van der Waals surface area contributed by atoms with Gasteiger partial charge in [-0.25, -0.2) is 0 Å². The van der Waals surface area contributed by atoms with Gasteiger partial charge in [-0.1, -0.05) is 0 Å². The fourth-order valence-electron chi connectivity index (χ4n) is 1.72. The minimum absolute atomic E-state index is 0.181. The molecule has 1 unspecified atom stereocenters. The predicted octanol–water partition coefficient (Wildman–Crippen LogP) is -0.574. The number of nitrogens with one attached hydrogen (secondary N) is 1. The summed E-state index contributed by atoms with van der Waals surface area (Å²) >= 11 is 0. The molecule has 1 atom stereocenters. The number of ether oxygens (including phenoxy) is 1. The van der Waals surface area contributed by atoms with Crippen LogP contribution >= 0.6 is 0 Å². The molecule has 16 heavy (non-hydrogen) atoms. The topological polar surface area (TPSA) is 99.0 Å². The van der Waals surface area contributed by atoms with Crippen molar-refractivity contribution in [3.63, 3.8) is 0 Å². The van der Waals surface area contributed by atoms with Gasteiger partial charge in [0.05, 0.1) is 25.0 Å². The Kier molecular flexibility index (Phi) is 4.14. The van der Waals surface area contributed by atoms with Crippen molar-refractivity contribution in [2.24, 2.45) is 0 Å². The van der Waals surface area contributed by atoms with E-state index in [9.17, 15) is 9.90 Å². The van der Waals surface area contributed by atoms with Crippen molar-refractivity contribution in [2.45, 2.75) is 24.9 Å². The van der Waals surface area contributed by atoms with Crippen LogP contribution in [0.4, 0.5) is 0 Å². The minimum atomic E-state index is -1.18. The van der Waals surface area contributed by atoms with Gasteiger partial charge in [-0.2, -0.15) is 0 Å². The molecular weight excluding hydrogens is 214 g/mol. The minimum Gasteiger partial charge on any atom is -0.499 e. The van der Waals surface area contributed by atoms with Crippen molar-refractivity contribution in [1.29, 1.82) is 0 Å². The molecule has 4 N–H and O–H groups in total. The molecule has 0 spiro atoms. The summed E-state index contributed by atoms with van der Waals surface area (Å²) in [5, 5.41) is 30.2. The number of methoxy groups -OCH3 is 1. The molecular formula is C10H17NO5. The van der Waals surface area contributed by atoms with Crippen molar-refractivity contribution in [2.75, 3.05) is 20.3 Å². The van der Waals surface area contributed by atoms with E-state index in [4.69, 9.17) is 14.9 Å². The Morgan fingerprint density at radius 2 is 2.31 bits per heavy atom. The van der Waals surface area contributed by atoms with E-state index in [2.05, 4.69) is 5.32 Å². The molecule has 0 fully saturated rings. The van der Waals surface area contributed by atoms with Crippen LogP contribution < -0.4 is 5.32 Å². The lowest BCUT2D eigenvalue weighted by atomic mass is 9.87. The summed E-state index contributed by atoms with van der Waals surface area (Å²) in [6.07, 6.45) is 1.07. The van der Waals surface area contributed by atoms with Gasteiger partial charge in [0.1, 0.15) is 12.3 Å². The highest BCUT2D eigenvalue weighted by Gasteiger charge is 2.33. The molecule has 92 valence electrons. The van der Waals surface area contributed by atoms with Gasteiger partial charge in [0.25, 0.3) is 0 Å². The summed E-state index contributed by atoms with van der Waals surface area (Å²) in [6, 6.07) is 0. The number of carboxylic acids is 1. The number of hydrogen-bond acceptors (Lipinski definition) is 5. The van der Waals surface area contributed by atoms with Crippen LogP contribution in [0.5, 0.6) is 0 Å². The normalized spacial score (nSPS) is 25.4. The number of rotatable bonds is 5. The Hall–Kier alpha value is -1.27. The van der Waals surface area contributed by atoms with E-state index >= 15 is 0 Å². The third-order valence-corrected chi connectivity index (χ3v) is 2.65. The van der Waals surface area contributed by atoms with Gasteiger partial charge in [-0.05, 0) is 6.42 Å². The Labute approximate surface area is 93.5 Å². The van der Waals surface area contributed by atoms with E-state index in [0.717, 1.165) is 0 Å². The average molecular weight is 231 g/mol. The highest BCUT2D eigenvalue weighted by molar-refractivity contribution is 5.69. The van der Waals surface area contributed by atoms with Crippen LogP contribution in [0, 0.1) is 0 Å². The zero-order chi connectivity index (χ0) is 12.2. The second kappa shape index (κ2) is 5.18. The van der Waals surface area contributed by atoms with Gasteiger partial charge >= 0.3 is 5.97 Å². The summed E-state index contributed by atoms with van der Waals surface area (Å²) < 4.78 is 5.11. The van der Waals surface area contributed by atoms with Gasteiger partial charge in [0.15, 0.2) is 0 Å². The third-order valence-electron chi connectivity index (χ3n) is 2.65. The molecule has 0 radical (unpaired) electrons. The van der Waals surface area contributed by atoms with Gasteiger partial charge < -0.3 is 25.4 Å². The molecule has 0 heterocycles. The average Bonchev–Trinajstić information content (AvgIpc) is 2.26. The van der Waals surface area contributed by atoms with Gasteiger partial charge in [0, 0.05) is 12.8 Å². The van der Waals surface area contributed by atoms with Crippen molar-refractivity contribution in [3.8, 4) is 0 Å². The van der Waals surface area contributed by atoms with E-state index in [1.54, 1.807) is 0 Å². The lowest BCUT2D eigenvalue weighted by Crippen LogP contribution is -2.40. The fourth-order valence-corrected chi connectivity index (χ4v) is 1.72. The number of aliphatic hydroxyl groups excluding tert-OH is 1. The van der Waals surface area contributed by atoms with Crippen LogP contribution in [-0.4, -0.2) is 47.2 Å². The molecule has 1 aliphatic carbocycles. The van der Waals surface area contributed by atoms with Gasteiger partial charge in [-0.3, -0.25) is 4.79 Å². The maximum absolute atomic E-state index is 10.4. The van der Waals surface area contributed by atoms with Crippen LogP contribution in [0.2, 0.25) is 0 Å². The van der Waals surface area contributed by atoms with E-state index < -0.39 is 11.6 Å². The SMILES string of the molecule is COC1=C(NCC(=O)O)CC(O)(CO)CC1. The number of hydrogen-bond donors (Lipinski definition) is 4. The summed E-state index contributed by atoms with van der Waals surface area (Å²) in [6.45, 7) is -0.577. The summed E-state index contributed by atoms with van der Waals surface area (Å²) in [7, 11) is 1.50. The summed E-state index contributed by atoms with van der Waals surface area (Å²) in [4.78, 5) is 10.4. The first-order chi connectivity index (χ1) is 7.50. The van der Waals surface area contributed by atoms with Gasteiger partial charge in [-0.15, -0.1) is 0 Å². The molecule has 6 nitrogen and oxygen atoms in total. The van der Waals surface area contributed by atoms with Crippen LogP contribution in [0.3, 0.4) is 0 Å². The Morgan fingerprint density at radius 1 is 1.62 bits per heavy atom. The van der Waals surface area contributed by atoms with Crippen molar-refractivity contribution in [3.05, 3.63) is 11.5 Å². The van der Waals surface area contributed by atoms with Crippen LogP contribution in [0.15, 0.2) is 11.5 Å². The van der Waals surface area contributed by atoms with E-state index in [0.29, 0.717) is 24.3 Å². The molecule has 0 bridgehead atoms. The second-order valence-corrected chi connectivity index (χ2v) is 3.91. The second-order valence-electron chi connectivity index (χ2n) is 3.91. The van der Waals surface area contributed by atoms with Crippen molar-refractivity contribution < 1.29 is 24.9 Å². The number of aliphatic carboxylic acids is 1. The molecule has 0 amide bonds. The molecule has 0 saturated heterocycles. The zero-order valence-electron chi connectivity index (χ0n) is 9.19. The van der Waals surface area contributed by atoms with E-state index in [1.807, 2.05) is 0 Å². The smallest absolute Gasteiger partial charge is 0.322 e. The molecule has 0 aromatic rings. The first-order valence-corrected chi connectivity index (χ1v) is 5.05. The van der Waals surface area contributed by atoms with Crippen LogP contribution in [0.1, 0.15) is 19.3 Å². The maximum atomic E-state index is 10.4. The van der Waals surface area contributed by atoms with Gasteiger partial charge in [0.2, 0.25) is 0 Å². The Morgan fingerprint density at radius 3 is 2.81 bits per heavy atom. The number of allylic oxidation sites excluding steroid dienone is 1. The molecule has 0 aliphatic heterocycles. The predicted molar refractivity (Wildman–Crippen MR) is 55.6 cm³/mol. The standard InChI is InChI=1S/C10H17NO5/c1-16-8-2-3-10(15,6-12)4-7(8)11-5-9(13)14/h11-12,15H,2-6H2,1H3,(H,13,14). The highest BCUT2D eigenvalue weighted by atomic mass is 16.5. The first kappa shape index (κ1) is 12.8. The number of carbonyl (C=O) groups is 1. The molecule has 1 rings (SSSR count). The van der Waals surface area contributed by atoms with Crippen LogP contribution in [0.25, 0.3) is 0 Å². The van der Waals surface area contributed by atoms with Crippen LogP contribution in [-0.2, 0) is 9.53 Å².